The van der Waals surface area contributed by atoms with Crippen molar-refractivity contribution < 1.29 is 4.79 Å². The molecule has 34 heavy (non-hydrogen) atoms. The Labute approximate surface area is 205 Å². The number of hydrogen-bond acceptors (Lipinski definition) is 6. The molecule has 0 aliphatic heterocycles. The summed E-state index contributed by atoms with van der Waals surface area (Å²) in [6.07, 6.45) is 4.49. The van der Waals surface area contributed by atoms with E-state index >= 15 is 0 Å². The van der Waals surface area contributed by atoms with Gasteiger partial charge in [0, 0.05) is 10.6 Å². The van der Waals surface area contributed by atoms with E-state index in [9.17, 15) is 9.59 Å². The van der Waals surface area contributed by atoms with Gasteiger partial charge in [0.25, 0.3) is 5.56 Å². The zero-order valence-corrected chi connectivity index (χ0v) is 20.0. The lowest BCUT2D eigenvalue weighted by Gasteiger charge is -2.13. The first-order chi connectivity index (χ1) is 16.6. The summed E-state index contributed by atoms with van der Waals surface area (Å²) in [5, 5.41) is 12.9. The van der Waals surface area contributed by atoms with Crippen LogP contribution in [-0.4, -0.2) is 21.2 Å². The van der Waals surface area contributed by atoms with E-state index in [-0.39, 0.29) is 17.2 Å². The predicted molar refractivity (Wildman–Crippen MR) is 137 cm³/mol. The fraction of sp³-hybridized carbons (Fsp3) is 0.231. The van der Waals surface area contributed by atoms with Crippen LogP contribution in [0.15, 0.2) is 64.5 Å². The second kappa shape index (κ2) is 9.84. The third kappa shape index (κ3) is 4.49. The maximum absolute atomic E-state index is 13.7. The average molecular weight is 487 g/mol. The maximum atomic E-state index is 13.7. The van der Waals surface area contributed by atoms with Crippen LogP contribution < -0.4 is 10.9 Å². The molecule has 2 heterocycles. The summed E-state index contributed by atoms with van der Waals surface area (Å²) < 4.78 is 1.64. The molecule has 0 saturated heterocycles. The van der Waals surface area contributed by atoms with Gasteiger partial charge in [0.15, 0.2) is 5.16 Å². The van der Waals surface area contributed by atoms with Crippen molar-refractivity contribution in [3.05, 3.63) is 81.0 Å². The first-order valence-electron chi connectivity index (χ1n) is 11.2. The number of carbonyl (C=O) groups is 1. The number of anilines is 1. The number of amides is 1. The van der Waals surface area contributed by atoms with E-state index in [1.165, 1.54) is 16.6 Å². The summed E-state index contributed by atoms with van der Waals surface area (Å²) in [6.45, 7) is 0. The monoisotopic (exact) mass is 486 g/mol. The number of benzene rings is 2. The molecule has 2 aromatic heterocycles. The quantitative estimate of drug-likeness (QED) is 0.302. The molecule has 4 aromatic rings. The molecule has 170 valence electrons. The van der Waals surface area contributed by atoms with Crippen LogP contribution in [0.5, 0.6) is 0 Å². The fourth-order valence-electron chi connectivity index (χ4n) is 4.21. The SMILES string of the molecule is N#CCc1ccc(NC(=O)CSc2nc3sc4c(c3c(=O)n2-c2ccccc2)CCCC4)cc1. The number of aromatic nitrogens is 2. The smallest absolute Gasteiger partial charge is 0.267 e. The van der Waals surface area contributed by atoms with Gasteiger partial charge in [-0.15, -0.1) is 11.3 Å². The van der Waals surface area contributed by atoms with Gasteiger partial charge in [-0.2, -0.15) is 5.26 Å². The standard InChI is InChI=1S/C26H22N4O2S2/c27-15-14-17-10-12-18(13-11-17)28-22(31)16-33-26-29-24-23(20-8-4-5-9-21(20)34-24)25(32)30(26)19-6-2-1-3-7-19/h1-3,6-7,10-13H,4-5,8-9,14,16H2,(H,28,31). The van der Waals surface area contributed by atoms with Crippen molar-refractivity contribution in [1.29, 1.82) is 5.26 Å². The lowest BCUT2D eigenvalue weighted by Crippen LogP contribution is -2.23. The minimum Gasteiger partial charge on any atom is -0.325 e. The number of thioether (sulfide) groups is 1. The lowest BCUT2D eigenvalue weighted by molar-refractivity contribution is -0.113. The summed E-state index contributed by atoms with van der Waals surface area (Å²) in [4.78, 5) is 33.2. The van der Waals surface area contributed by atoms with E-state index in [1.807, 2.05) is 42.5 Å². The summed E-state index contributed by atoms with van der Waals surface area (Å²) in [7, 11) is 0. The molecule has 1 aliphatic carbocycles. The van der Waals surface area contributed by atoms with Crippen LogP contribution in [-0.2, 0) is 24.1 Å². The Morgan fingerprint density at radius 1 is 1.12 bits per heavy atom. The van der Waals surface area contributed by atoms with Crippen LogP contribution in [0.1, 0.15) is 28.8 Å². The van der Waals surface area contributed by atoms with Gasteiger partial charge in [-0.3, -0.25) is 14.2 Å². The Balaban J connectivity index is 1.44. The molecule has 1 aliphatic rings. The number of thiophene rings is 1. The van der Waals surface area contributed by atoms with Gasteiger partial charge in [-0.25, -0.2) is 4.98 Å². The van der Waals surface area contributed by atoms with E-state index in [1.54, 1.807) is 28.0 Å². The number of carbonyl (C=O) groups excluding carboxylic acids is 1. The van der Waals surface area contributed by atoms with Gasteiger partial charge < -0.3 is 5.32 Å². The number of fused-ring (bicyclic) bond motifs is 3. The lowest BCUT2D eigenvalue weighted by atomic mass is 9.97. The minimum atomic E-state index is -0.183. The summed E-state index contributed by atoms with van der Waals surface area (Å²) in [5.74, 6) is -0.0621. The van der Waals surface area contributed by atoms with Crippen LogP contribution in [0.4, 0.5) is 5.69 Å². The number of para-hydroxylation sites is 1. The van der Waals surface area contributed by atoms with Crippen molar-refractivity contribution >= 4 is 44.9 Å². The fourth-order valence-corrected chi connectivity index (χ4v) is 6.33. The third-order valence-corrected chi connectivity index (χ3v) is 7.95. The number of hydrogen-bond donors (Lipinski definition) is 1. The number of aryl methyl sites for hydroxylation is 2. The van der Waals surface area contributed by atoms with E-state index in [2.05, 4.69) is 11.4 Å². The molecule has 0 unspecified atom stereocenters. The molecular formula is C26H22N4O2S2. The van der Waals surface area contributed by atoms with E-state index in [0.717, 1.165) is 52.7 Å². The molecule has 0 saturated carbocycles. The highest BCUT2D eigenvalue weighted by atomic mass is 32.2. The van der Waals surface area contributed by atoms with Gasteiger partial charge in [0.2, 0.25) is 5.91 Å². The van der Waals surface area contributed by atoms with Crippen molar-refractivity contribution in [2.75, 3.05) is 11.1 Å². The van der Waals surface area contributed by atoms with Crippen molar-refractivity contribution in [3.63, 3.8) is 0 Å². The Hall–Kier alpha value is -3.41. The molecule has 8 heteroatoms. The van der Waals surface area contributed by atoms with Crippen molar-refractivity contribution in [1.82, 2.24) is 9.55 Å². The molecule has 0 spiro atoms. The molecule has 6 nitrogen and oxygen atoms in total. The first kappa shape index (κ1) is 22.4. The number of nitrogens with one attached hydrogen (secondary N) is 1. The van der Waals surface area contributed by atoms with Gasteiger partial charge in [-0.05, 0) is 61.1 Å². The number of rotatable bonds is 6. The molecule has 0 radical (unpaired) electrons. The van der Waals surface area contributed by atoms with Crippen LogP contribution in [0.3, 0.4) is 0 Å². The first-order valence-corrected chi connectivity index (χ1v) is 13.0. The average Bonchev–Trinajstić information content (AvgIpc) is 3.23. The van der Waals surface area contributed by atoms with Gasteiger partial charge in [0.1, 0.15) is 4.83 Å². The van der Waals surface area contributed by atoms with E-state index < -0.39 is 0 Å². The minimum absolute atomic E-state index is 0.0633. The Morgan fingerprint density at radius 2 is 1.88 bits per heavy atom. The largest absolute Gasteiger partial charge is 0.325 e. The Kier molecular flexibility index (Phi) is 6.48. The summed E-state index contributed by atoms with van der Waals surface area (Å²) in [6, 6.07) is 18.8. The van der Waals surface area contributed by atoms with Gasteiger partial charge in [-0.1, -0.05) is 42.1 Å². The van der Waals surface area contributed by atoms with Crippen molar-refractivity contribution in [2.45, 2.75) is 37.3 Å². The highest BCUT2D eigenvalue weighted by Crippen LogP contribution is 2.35. The number of nitrogens with zero attached hydrogens (tertiary/aromatic N) is 3. The third-order valence-electron chi connectivity index (χ3n) is 5.83. The molecule has 0 fully saturated rings. The highest BCUT2D eigenvalue weighted by Gasteiger charge is 2.23. The van der Waals surface area contributed by atoms with Crippen molar-refractivity contribution in [3.8, 4) is 11.8 Å². The molecule has 0 bridgehead atoms. The van der Waals surface area contributed by atoms with Crippen LogP contribution in [0.2, 0.25) is 0 Å². The van der Waals surface area contributed by atoms with Crippen LogP contribution >= 0.6 is 23.1 Å². The molecule has 5 rings (SSSR count). The highest BCUT2D eigenvalue weighted by molar-refractivity contribution is 7.99. The van der Waals surface area contributed by atoms with Crippen LogP contribution in [0, 0.1) is 11.3 Å². The molecule has 2 aromatic carbocycles. The normalized spacial score (nSPS) is 12.8. The topological polar surface area (TPSA) is 87.8 Å². The Bertz CT molecular complexity index is 1450. The molecular weight excluding hydrogens is 464 g/mol. The summed E-state index contributed by atoms with van der Waals surface area (Å²) >= 11 is 2.87. The molecule has 0 atom stereocenters. The van der Waals surface area contributed by atoms with Crippen LogP contribution in [0.25, 0.3) is 15.9 Å². The van der Waals surface area contributed by atoms with Crippen molar-refractivity contribution in [2.24, 2.45) is 0 Å². The second-order valence-corrected chi connectivity index (χ2v) is 10.2. The summed E-state index contributed by atoms with van der Waals surface area (Å²) in [5.41, 5.74) is 3.41. The van der Waals surface area contributed by atoms with Gasteiger partial charge >= 0.3 is 0 Å². The second-order valence-electron chi connectivity index (χ2n) is 8.13. The maximum Gasteiger partial charge on any atom is 0.267 e. The molecule has 1 N–H and O–H groups in total. The van der Waals surface area contributed by atoms with E-state index in [0.29, 0.717) is 17.3 Å². The molecule has 1 amide bonds. The number of nitriles is 1. The van der Waals surface area contributed by atoms with E-state index in [4.69, 9.17) is 10.2 Å². The predicted octanol–water partition coefficient (Wildman–Crippen LogP) is 5.12. The Morgan fingerprint density at radius 3 is 2.65 bits per heavy atom. The zero-order valence-electron chi connectivity index (χ0n) is 18.4. The zero-order chi connectivity index (χ0) is 23.5. The van der Waals surface area contributed by atoms with Gasteiger partial charge in [0.05, 0.1) is 29.3 Å².